The van der Waals surface area contributed by atoms with Crippen molar-refractivity contribution in [3.63, 3.8) is 0 Å². The number of aromatic nitrogens is 3. The zero-order valence-corrected chi connectivity index (χ0v) is 19.1. The van der Waals surface area contributed by atoms with E-state index in [1.807, 2.05) is 0 Å². The van der Waals surface area contributed by atoms with Crippen molar-refractivity contribution in [3.05, 3.63) is 60.2 Å². The molecule has 2 aromatic carbocycles. The number of fused-ring (bicyclic) bond motifs is 1. The topological polar surface area (TPSA) is 67.1 Å². The highest BCUT2D eigenvalue weighted by Gasteiger charge is 2.09. The van der Waals surface area contributed by atoms with Gasteiger partial charge in [-0.3, -0.25) is 4.99 Å². The van der Waals surface area contributed by atoms with Crippen LogP contribution in [0.15, 0.2) is 53.8 Å². The van der Waals surface area contributed by atoms with Crippen LogP contribution in [0.25, 0.3) is 10.8 Å². The maximum absolute atomic E-state index is 4.71. The van der Waals surface area contributed by atoms with Crippen molar-refractivity contribution < 1.29 is 0 Å². The summed E-state index contributed by atoms with van der Waals surface area (Å²) in [5, 5.41) is 17.4. The van der Waals surface area contributed by atoms with Crippen LogP contribution in [0.5, 0.6) is 0 Å². The van der Waals surface area contributed by atoms with Gasteiger partial charge in [-0.05, 0) is 36.2 Å². The molecule has 1 heterocycles. The number of benzene rings is 2. The molecule has 6 nitrogen and oxygen atoms in total. The molecular weight excluding hydrogens is 463 g/mol. The summed E-state index contributed by atoms with van der Waals surface area (Å²) >= 11 is 0. The van der Waals surface area contributed by atoms with Crippen molar-refractivity contribution in [2.75, 3.05) is 13.1 Å². The van der Waals surface area contributed by atoms with E-state index in [-0.39, 0.29) is 30.0 Å². The Hall–Kier alpha value is -2.16. The van der Waals surface area contributed by atoms with Gasteiger partial charge in [0.2, 0.25) is 0 Å². The molecule has 1 unspecified atom stereocenters. The van der Waals surface area contributed by atoms with E-state index in [0.717, 1.165) is 31.3 Å². The van der Waals surface area contributed by atoms with E-state index in [9.17, 15) is 0 Å². The molecule has 0 aliphatic heterocycles. The van der Waals surface area contributed by atoms with E-state index in [1.165, 1.54) is 16.3 Å². The van der Waals surface area contributed by atoms with Gasteiger partial charge in [0.1, 0.15) is 12.2 Å². The molecule has 0 saturated heterocycles. The molecule has 0 radical (unpaired) electrons. The quantitative estimate of drug-likeness (QED) is 0.298. The predicted octanol–water partition coefficient (Wildman–Crippen LogP) is 3.93. The molecule has 2 N–H and O–H groups in total. The molecule has 0 bridgehead atoms. The number of aryl methyl sites for hydroxylation is 1. The highest BCUT2D eigenvalue weighted by molar-refractivity contribution is 14.0. The Morgan fingerprint density at radius 1 is 1.14 bits per heavy atom. The highest BCUT2D eigenvalue weighted by Crippen LogP contribution is 2.20. The van der Waals surface area contributed by atoms with Crippen LogP contribution in [0.4, 0.5) is 0 Å². The van der Waals surface area contributed by atoms with E-state index in [2.05, 4.69) is 88.6 Å². The summed E-state index contributed by atoms with van der Waals surface area (Å²) in [4.78, 5) is 4.71. The molecule has 0 aliphatic carbocycles. The summed E-state index contributed by atoms with van der Waals surface area (Å²) in [5.74, 6) is 1.82. The van der Waals surface area contributed by atoms with E-state index >= 15 is 0 Å². The van der Waals surface area contributed by atoms with Gasteiger partial charge < -0.3 is 15.2 Å². The van der Waals surface area contributed by atoms with Gasteiger partial charge in [-0.15, -0.1) is 34.2 Å². The standard InChI is InChI=1S/C21H28N6.HI/c1-4-20-26-24-15-27(20)13-12-23-21(22-5-2)25-16(3)18-11-10-17-8-6-7-9-19(17)14-18;/h6-11,14-16H,4-5,12-13H2,1-3H3,(H2,22,23,25);1H. The minimum Gasteiger partial charge on any atom is -0.357 e. The third kappa shape index (κ3) is 5.67. The van der Waals surface area contributed by atoms with Crippen LogP contribution in [0.2, 0.25) is 0 Å². The number of hydrogen-bond donors (Lipinski definition) is 2. The molecule has 3 rings (SSSR count). The lowest BCUT2D eigenvalue weighted by Gasteiger charge is -2.19. The molecular formula is C21H29IN6. The van der Waals surface area contributed by atoms with Crippen LogP contribution in [-0.4, -0.2) is 33.8 Å². The Morgan fingerprint density at radius 2 is 1.93 bits per heavy atom. The molecule has 150 valence electrons. The molecule has 1 atom stereocenters. The maximum atomic E-state index is 4.71. The van der Waals surface area contributed by atoms with Crippen molar-refractivity contribution in [1.29, 1.82) is 0 Å². The number of halogens is 1. The highest BCUT2D eigenvalue weighted by atomic mass is 127. The van der Waals surface area contributed by atoms with Crippen molar-refractivity contribution in [2.24, 2.45) is 4.99 Å². The van der Waals surface area contributed by atoms with Gasteiger partial charge in [-0.25, -0.2) is 0 Å². The zero-order chi connectivity index (χ0) is 19.1. The first kappa shape index (κ1) is 22.1. The molecule has 7 heteroatoms. The van der Waals surface area contributed by atoms with Crippen molar-refractivity contribution in [1.82, 2.24) is 25.4 Å². The lowest BCUT2D eigenvalue weighted by Crippen LogP contribution is -2.39. The lowest BCUT2D eigenvalue weighted by atomic mass is 10.0. The summed E-state index contributed by atoms with van der Waals surface area (Å²) in [6, 6.07) is 15.2. The van der Waals surface area contributed by atoms with Crippen molar-refractivity contribution in [2.45, 2.75) is 39.8 Å². The molecule has 28 heavy (non-hydrogen) atoms. The normalized spacial score (nSPS) is 12.5. The average molecular weight is 492 g/mol. The van der Waals surface area contributed by atoms with Crippen LogP contribution >= 0.6 is 24.0 Å². The van der Waals surface area contributed by atoms with Gasteiger partial charge in [0.05, 0.1) is 12.6 Å². The average Bonchev–Trinajstić information content (AvgIpc) is 3.15. The second kappa shape index (κ2) is 11.0. The third-order valence-electron chi connectivity index (χ3n) is 4.59. The number of rotatable bonds is 7. The summed E-state index contributed by atoms with van der Waals surface area (Å²) in [5.41, 5.74) is 1.24. The second-order valence-electron chi connectivity index (χ2n) is 6.53. The van der Waals surface area contributed by atoms with Gasteiger partial charge in [-0.1, -0.05) is 43.3 Å². The first-order valence-electron chi connectivity index (χ1n) is 9.61. The number of aliphatic imine (C=N–C) groups is 1. The number of nitrogens with zero attached hydrogens (tertiary/aromatic N) is 4. The van der Waals surface area contributed by atoms with Crippen molar-refractivity contribution in [3.8, 4) is 0 Å². The largest absolute Gasteiger partial charge is 0.357 e. The molecule has 0 aliphatic rings. The summed E-state index contributed by atoms with van der Waals surface area (Å²) in [6.45, 7) is 8.59. The predicted molar refractivity (Wildman–Crippen MR) is 126 cm³/mol. The van der Waals surface area contributed by atoms with Crippen LogP contribution in [0.1, 0.15) is 38.2 Å². The molecule has 3 aromatic rings. The Kier molecular flexibility index (Phi) is 8.69. The summed E-state index contributed by atoms with van der Waals surface area (Å²) in [7, 11) is 0. The van der Waals surface area contributed by atoms with Gasteiger partial charge >= 0.3 is 0 Å². The smallest absolute Gasteiger partial charge is 0.191 e. The molecule has 0 fully saturated rings. The minimum absolute atomic E-state index is 0. The SMILES string of the molecule is CCNC(=NCCn1cnnc1CC)NC(C)c1ccc2ccccc2c1.I. The number of nitrogens with one attached hydrogen (secondary N) is 2. The number of hydrogen-bond acceptors (Lipinski definition) is 3. The van der Waals surface area contributed by atoms with Gasteiger partial charge in [0.15, 0.2) is 5.96 Å². The Balaban J connectivity index is 0.00000280. The molecule has 0 saturated carbocycles. The summed E-state index contributed by atoms with van der Waals surface area (Å²) in [6.07, 6.45) is 2.65. The van der Waals surface area contributed by atoms with E-state index in [0.29, 0.717) is 6.54 Å². The zero-order valence-electron chi connectivity index (χ0n) is 16.7. The fourth-order valence-electron chi connectivity index (χ4n) is 3.09. The van der Waals surface area contributed by atoms with Gasteiger partial charge in [-0.2, -0.15) is 0 Å². The summed E-state index contributed by atoms with van der Waals surface area (Å²) < 4.78 is 2.06. The fourth-order valence-corrected chi connectivity index (χ4v) is 3.09. The van der Waals surface area contributed by atoms with E-state index < -0.39 is 0 Å². The van der Waals surface area contributed by atoms with Crippen LogP contribution < -0.4 is 10.6 Å². The first-order chi connectivity index (χ1) is 13.2. The maximum Gasteiger partial charge on any atom is 0.191 e. The lowest BCUT2D eigenvalue weighted by molar-refractivity contribution is 0.650. The number of guanidine groups is 1. The molecule has 1 aromatic heterocycles. The van der Waals surface area contributed by atoms with Crippen LogP contribution in [0, 0.1) is 0 Å². The minimum atomic E-state index is 0. The molecule has 0 amide bonds. The Bertz CT molecular complexity index is 905. The van der Waals surface area contributed by atoms with Gasteiger partial charge in [0.25, 0.3) is 0 Å². The van der Waals surface area contributed by atoms with Gasteiger partial charge in [0, 0.05) is 19.5 Å². The second-order valence-corrected chi connectivity index (χ2v) is 6.53. The van der Waals surface area contributed by atoms with Crippen molar-refractivity contribution >= 4 is 40.7 Å². The Labute approximate surface area is 183 Å². The van der Waals surface area contributed by atoms with Crippen LogP contribution in [0.3, 0.4) is 0 Å². The first-order valence-corrected chi connectivity index (χ1v) is 9.61. The van der Waals surface area contributed by atoms with Crippen LogP contribution in [-0.2, 0) is 13.0 Å². The monoisotopic (exact) mass is 492 g/mol. The third-order valence-corrected chi connectivity index (χ3v) is 4.59. The Morgan fingerprint density at radius 3 is 2.68 bits per heavy atom. The molecule has 0 spiro atoms. The van der Waals surface area contributed by atoms with E-state index in [4.69, 9.17) is 4.99 Å². The van der Waals surface area contributed by atoms with E-state index in [1.54, 1.807) is 6.33 Å². The fraction of sp³-hybridized carbons (Fsp3) is 0.381.